The highest BCUT2D eigenvalue weighted by Gasteiger charge is 2.46. The number of pyridine rings is 2. The zero-order valence-corrected chi connectivity index (χ0v) is 15.4. The molecule has 28 heavy (non-hydrogen) atoms. The van der Waals surface area contributed by atoms with Crippen LogP contribution in [0.15, 0.2) is 49.1 Å². The predicted octanol–water partition coefficient (Wildman–Crippen LogP) is 2.46. The van der Waals surface area contributed by atoms with Crippen LogP contribution in [-0.2, 0) is 0 Å². The van der Waals surface area contributed by atoms with E-state index < -0.39 is 0 Å². The zero-order valence-electron chi connectivity index (χ0n) is 15.4. The fourth-order valence-corrected chi connectivity index (χ4v) is 4.29. The number of fused-ring (bicyclic) bond motifs is 2. The van der Waals surface area contributed by atoms with E-state index in [4.69, 9.17) is 0 Å². The first-order valence-electron chi connectivity index (χ1n) is 9.67. The van der Waals surface area contributed by atoms with Gasteiger partial charge in [0.25, 0.3) is 5.91 Å². The topological polar surface area (TPSA) is 78.3 Å². The first-order valence-corrected chi connectivity index (χ1v) is 9.67. The number of aromatic nitrogens is 4. The van der Waals surface area contributed by atoms with Gasteiger partial charge in [-0.05, 0) is 42.7 Å². The summed E-state index contributed by atoms with van der Waals surface area (Å²) in [4.78, 5) is 22.8. The third-order valence-corrected chi connectivity index (χ3v) is 6.03. The molecular formula is C21H20N6O. The van der Waals surface area contributed by atoms with Crippen molar-refractivity contribution in [3.63, 3.8) is 0 Å². The molecule has 5 heterocycles. The monoisotopic (exact) mass is 372 g/mol. The van der Waals surface area contributed by atoms with E-state index in [1.165, 1.54) is 0 Å². The lowest BCUT2D eigenvalue weighted by atomic mass is 10.1. The van der Waals surface area contributed by atoms with Gasteiger partial charge in [-0.3, -0.25) is 4.79 Å². The number of hydrogen-bond acceptors (Lipinski definition) is 4. The summed E-state index contributed by atoms with van der Waals surface area (Å²) in [5.74, 6) is 0.0699. The zero-order chi connectivity index (χ0) is 18.7. The third-order valence-electron chi connectivity index (χ3n) is 6.03. The Morgan fingerprint density at radius 2 is 2.18 bits per heavy atom. The van der Waals surface area contributed by atoms with Crippen LogP contribution in [0.4, 0.5) is 0 Å². The van der Waals surface area contributed by atoms with Crippen molar-refractivity contribution in [1.82, 2.24) is 29.8 Å². The summed E-state index contributed by atoms with van der Waals surface area (Å²) in [5, 5.41) is 9.03. The molecule has 4 aromatic rings. The minimum atomic E-state index is 0.0699. The van der Waals surface area contributed by atoms with E-state index in [2.05, 4.69) is 26.4 Å². The summed E-state index contributed by atoms with van der Waals surface area (Å²) >= 11 is 0. The van der Waals surface area contributed by atoms with Crippen molar-refractivity contribution in [2.45, 2.75) is 18.4 Å². The summed E-state index contributed by atoms with van der Waals surface area (Å²) in [6.45, 7) is 2.39. The molecule has 4 aromatic heterocycles. The molecule has 0 bridgehead atoms. The second kappa shape index (κ2) is 5.65. The molecule has 0 atom stereocenters. The Morgan fingerprint density at radius 1 is 1.25 bits per heavy atom. The highest BCUT2D eigenvalue weighted by atomic mass is 16.2. The molecule has 7 heteroatoms. The standard InChI is InChI=1S/C21H20N6O/c28-20(26-9-7-24-21(13-26)4-5-21)17-12-25-27-8-3-14(10-18(17)27)16-11-23-19-15(16)2-1-6-22-19/h1-3,6,8,10-12,24H,4-5,7,9,13H2,(H,22,23). The number of carbonyl (C=O) groups excluding carboxylic acids is 1. The number of amides is 1. The van der Waals surface area contributed by atoms with Gasteiger partial charge in [-0.25, -0.2) is 9.50 Å². The van der Waals surface area contributed by atoms with Crippen molar-refractivity contribution in [2.75, 3.05) is 19.6 Å². The summed E-state index contributed by atoms with van der Waals surface area (Å²) in [6, 6.07) is 8.06. The highest BCUT2D eigenvalue weighted by Crippen LogP contribution is 2.38. The molecule has 1 saturated heterocycles. The maximum atomic E-state index is 13.2. The molecular weight excluding hydrogens is 352 g/mol. The van der Waals surface area contributed by atoms with Gasteiger partial charge in [-0.2, -0.15) is 5.10 Å². The second-order valence-electron chi connectivity index (χ2n) is 7.84. The number of carbonyl (C=O) groups is 1. The summed E-state index contributed by atoms with van der Waals surface area (Å²) in [7, 11) is 0. The summed E-state index contributed by atoms with van der Waals surface area (Å²) < 4.78 is 1.78. The minimum absolute atomic E-state index is 0.0699. The molecule has 1 amide bonds. The van der Waals surface area contributed by atoms with Crippen LogP contribution < -0.4 is 5.32 Å². The summed E-state index contributed by atoms with van der Waals surface area (Å²) in [5.41, 5.74) is 4.64. The number of H-pyrrole nitrogens is 1. The van der Waals surface area contributed by atoms with Gasteiger partial charge in [0.2, 0.25) is 0 Å². The molecule has 1 aliphatic carbocycles. The van der Waals surface area contributed by atoms with Gasteiger partial charge in [0, 0.05) is 54.7 Å². The molecule has 0 unspecified atom stereocenters. The predicted molar refractivity (Wildman–Crippen MR) is 106 cm³/mol. The molecule has 0 aromatic carbocycles. The minimum Gasteiger partial charge on any atom is -0.346 e. The number of nitrogens with zero attached hydrogens (tertiary/aromatic N) is 4. The van der Waals surface area contributed by atoms with Gasteiger partial charge in [0.15, 0.2) is 0 Å². The molecule has 2 N–H and O–H groups in total. The van der Waals surface area contributed by atoms with Gasteiger partial charge < -0.3 is 15.2 Å². The van der Waals surface area contributed by atoms with Gasteiger partial charge in [0.1, 0.15) is 5.65 Å². The smallest absolute Gasteiger partial charge is 0.257 e. The maximum absolute atomic E-state index is 13.2. The Kier molecular flexibility index (Phi) is 3.20. The van der Waals surface area contributed by atoms with Crippen LogP contribution in [-0.4, -0.2) is 55.6 Å². The molecule has 2 fully saturated rings. The fraction of sp³-hybridized carbons (Fsp3) is 0.286. The number of hydrogen-bond donors (Lipinski definition) is 2. The quantitative estimate of drug-likeness (QED) is 0.567. The van der Waals surface area contributed by atoms with E-state index >= 15 is 0 Å². The van der Waals surface area contributed by atoms with Crippen LogP contribution in [0.1, 0.15) is 23.2 Å². The first kappa shape index (κ1) is 15.8. The van der Waals surface area contributed by atoms with E-state index in [1.807, 2.05) is 35.5 Å². The number of aromatic amines is 1. The Balaban J connectivity index is 1.41. The largest absolute Gasteiger partial charge is 0.346 e. The van der Waals surface area contributed by atoms with E-state index in [1.54, 1.807) is 16.9 Å². The average molecular weight is 372 g/mol. The molecule has 7 nitrogen and oxygen atoms in total. The van der Waals surface area contributed by atoms with Crippen molar-refractivity contribution in [3.05, 3.63) is 54.6 Å². The number of nitrogens with one attached hydrogen (secondary N) is 2. The van der Waals surface area contributed by atoms with E-state index in [0.717, 1.165) is 60.2 Å². The van der Waals surface area contributed by atoms with Crippen LogP contribution in [0.5, 0.6) is 0 Å². The van der Waals surface area contributed by atoms with Gasteiger partial charge in [-0.1, -0.05) is 0 Å². The highest BCUT2D eigenvalue weighted by molar-refractivity contribution is 6.02. The lowest BCUT2D eigenvalue weighted by molar-refractivity contribution is 0.0693. The van der Waals surface area contributed by atoms with Crippen molar-refractivity contribution < 1.29 is 4.79 Å². The Hall–Kier alpha value is -3.19. The molecule has 1 saturated carbocycles. The van der Waals surface area contributed by atoms with E-state index in [-0.39, 0.29) is 11.4 Å². The molecule has 0 radical (unpaired) electrons. The number of piperazine rings is 1. The van der Waals surface area contributed by atoms with Crippen molar-refractivity contribution in [2.24, 2.45) is 0 Å². The van der Waals surface area contributed by atoms with Gasteiger partial charge >= 0.3 is 0 Å². The van der Waals surface area contributed by atoms with Crippen molar-refractivity contribution >= 4 is 22.5 Å². The Morgan fingerprint density at radius 3 is 3.07 bits per heavy atom. The maximum Gasteiger partial charge on any atom is 0.257 e. The van der Waals surface area contributed by atoms with Crippen molar-refractivity contribution in [3.8, 4) is 11.1 Å². The lowest BCUT2D eigenvalue weighted by Gasteiger charge is -2.33. The molecule has 140 valence electrons. The Bertz CT molecular complexity index is 1220. The third kappa shape index (κ3) is 2.36. The first-order chi connectivity index (χ1) is 13.7. The fourth-order valence-electron chi connectivity index (χ4n) is 4.29. The van der Waals surface area contributed by atoms with E-state index in [0.29, 0.717) is 5.56 Å². The Labute approximate surface area is 161 Å². The molecule has 1 spiro atoms. The SMILES string of the molecule is O=C(c1cnn2ccc(-c3c[nH]c4ncccc34)cc12)N1CCNC2(CC2)C1. The van der Waals surface area contributed by atoms with Crippen molar-refractivity contribution in [1.29, 1.82) is 0 Å². The van der Waals surface area contributed by atoms with Crippen LogP contribution in [0.25, 0.3) is 27.7 Å². The van der Waals surface area contributed by atoms with Gasteiger partial charge in [0.05, 0.1) is 17.3 Å². The lowest BCUT2D eigenvalue weighted by Crippen LogP contribution is -2.54. The van der Waals surface area contributed by atoms with Crippen LogP contribution >= 0.6 is 0 Å². The van der Waals surface area contributed by atoms with E-state index in [9.17, 15) is 4.79 Å². The number of rotatable bonds is 2. The molecule has 1 aliphatic heterocycles. The molecule has 6 rings (SSSR count). The average Bonchev–Trinajstić information content (AvgIpc) is 3.17. The normalized spacial score (nSPS) is 18.2. The van der Waals surface area contributed by atoms with Crippen LogP contribution in [0.2, 0.25) is 0 Å². The summed E-state index contributed by atoms with van der Waals surface area (Å²) in [6.07, 6.45) is 9.67. The van der Waals surface area contributed by atoms with Gasteiger partial charge in [-0.15, -0.1) is 0 Å². The van der Waals surface area contributed by atoms with Crippen LogP contribution in [0.3, 0.4) is 0 Å². The van der Waals surface area contributed by atoms with Crippen LogP contribution in [0, 0.1) is 0 Å². The second-order valence-corrected chi connectivity index (χ2v) is 7.84. The molecule has 2 aliphatic rings.